The smallest absolute Gasteiger partial charge is 0.349 e. The summed E-state index contributed by atoms with van der Waals surface area (Å²) >= 11 is 8.25. The zero-order chi connectivity index (χ0) is 22.0. The van der Waals surface area contributed by atoms with Crippen molar-refractivity contribution in [3.8, 4) is 11.5 Å². The van der Waals surface area contributed by atoms with Crippen LogP contribution in [0.2, 0.25) is 0 Å². The van der Waals surface area contributed by atoms with E-state index in [0.717, 1.165) is 7.14 Å². The minimum absolute atomic E-state index is 0.139. The molecule has 0 aliphatic heterocycles. The Morgan fingerprint density at radius 2 is 1.41 bits per heavy atom. The van der Waals surface area contributed by atoms with Gasteiger partial charge in [0.2, 0.25) is 6.10 Å². The number of carboxylic acid groups (broad SMARTS) is 1. The molecule has 0 aliphatic rings. The minimum atomic E-state index is -1.10. The predicted octanol–water partition coefficient (Wildman–Crippen LogP) is 3.58. The SMILES string of the molecule is O=C(O)C(Oc1cc(I)c(O)c(I)c1)c1cc(I)cc(I)c1.OCCNCCO. The van der Waals surface area contributed by atoms with Gasteiger partial charge in [-0.25, -0.2) is 4.79 Å². The van der Waals surface area contributed by atoms with Crippen LogP contribution in [0, 0.1) is 14.3 Å². The van der Waals surface area contributed by atoms with Crippen LogP contribution in [0.4, 0.5) is 0 Å². The molecule has 2 aromatic rings. The summed E-state index contributed by atoms with van der Waals surface area (Å²) in [7, 11) is 0. The van der Waals surface area contributed by atoms with Gasteiger partial charge in [0.15, 0.2) is 0 Å². The van der Waals surface area contributed by atoms with E-state index in [9.17, 15) is 15.0 Å². The number of halogens is 4. The van der Waals surface area contributed by atoms with Crippen molar-refractivity contribution in [1.29, 1.82) is 0 Å². The van der Waals surface area contributed by atoms with Crippen molar-refractivity contribution in [2.75, 3.05) is 26.3 Å². The van der Waals surface area contributed by atoms with E-state index in [1.54, 1.807) is 24.3 Å². The topological polar surface area (TPSA) is 119 Å². The Kier molecular flexibility index (Phi) is 13.6. The van der Waals surface area contributed by atoms with Crippen molar-refractivity contribution in [3.05, 3.63) is 50.2 Å². The molecule has 0 amide bonds. The maximum Gasteiger partial charge on any atom is 0.349 e. The zero-order valence-electron chi connectivity index (χ0n) is 14.9. The molecule has 0 aliphatic carbocycles. The molecule has 0 spiro atoms. The first-order valence-corrected chi connectivity index (χ1v) is 12.5. The number of benzene rings is 2. The van der Waals surface area contributed by atoms with E-state index in [4.69, 9.17) is 14.9 Å². The molecule has 0 aromatic heterocycles. The minimum Gasteiger partial charge on any atom is -0.506 e. The monoisotopic (exact) mass is 853 g/mol. The van der Waals surface area contributed by atoms with Crippen LogP contribution in [-0.4, -0.2) is 52.7 Å². The van der Waals surface area contributed by atoms with Crippen molar-refractivity contribution in [2.45, 2.75) is 6.10 Å². The summed E-state index contributed by atoms with van der Waals surface area (Å²) in [5.41, 5.74) is 0.585. The second-order valence-corrected chi connectivity index (χ2v) is 10.3. The van der Waals surface area contributed by atoms with Gasteiger partial charge in [-0.3, -0.25) is 0 Å². The van der Waals surface area contributed by atoms with Crippen molar-refractivity contribution < 1.29 is 30.0 Å². The number of ether oxygens (including phenoxy) is 1. The van der Waals surface area contributed by atoms with Gasteiger partial charge in [-0.1, -0.05) is 0 Å². The van der Waals surface area contributed by atoms with E-state index in [-0.39, 0.29) is 19.0 Å². The Morgan fingerprint density at radius 3 is 1.83 bits per heavy atom. The van der Waals surface area contributed by atoms with Gasteiger partial charge in [-0.2, -0.15) is 0 Å². The van der Waals surface area contributed by atoms with Crippen molar-refractivity contribution in [1.82, 2.24) is 5.32 Å². The fourth-order valence-corrected chi connectivity index (χ4v) is 5.71. The lowest BCUT2D eigenvalue weighted by Gasteiger charge is -2.17. The molecule has 7 nitrogen and oxygen atoms in total. The molecule has 29 heavy (non-hydrogen) atoms. The van der Waals surface area contributed by atoms with Crippen LogP contribution in [0.15, 0.2) is 30.3 Å². The Bertz CT molecular complexity index is 774. The first-order chi connectivity index (χ1) is 13.7. The number of carboxylic acids is 1. The number of carbonyl (C=O) groups is 1. The number of nitrogens with one attached hydrogen (secondary N) is 1. The lowest BCUT2D eigenvalue weighted by molar-refractivity contribution is -0.145. The van der Waals surface area contributed by atoms with Gasteiger partial charge in [0.1, 0.15) is 11.5 Å². The molecule has 0 heterocycles. The summed E-state index contributed by atoms with van der Waals surface area (Å²) < 4.78 is 8.78. The number of aliphatic carboxylic acids is 1. The molecular weight excluding hydrogens is 834 g/mol. The van der Waals surface area contributed by atoms with Crippen LogP contribution in [0.1, 0.15) is 11.7 Å². The van der Waals surface area contributed by atoms with Gasteiger partial charge in [0.05, 0.1) is 20.4 Å². The van der Waals surface area contributed by atoms with E-state index in [1.165, 1.54) is 0 Å². The molecule has 1 atom stereocenters. The Labute approximate surface area is 223 Å². The molecule has 0 bridgehead atoms. The first-order valence-electron chi connectivity index (χ1n) is 8.15. The van der Waals surface area contributed by atoms with Gasteiger partial charge in [-0.05, 0) is 121 Å². The van der Waals surface area contributed by atoms with Gasteiger partial charge in [0, 0.05) is 25.8 Å². The molecule has 11 heteroatoms. The Balaban J connectivity index is 0.000000516. The maximum atomic E-state index is 11.6. The molecule has 2 rings (SSSR count). The van der Waals surface area contributed by atoms with Crippen LogP contribution in [0.3, 0.4) is 0 Å². The number of aromatic hydroxyl groups is 1. The summed E-state index contributed by atoms with van der Waals surface area (Å²) in [5, 5.41) is 38.3. The normalized spacial score (nSPS) is 11.4. The highest BCUT2D eigenvalue weighted by atomic mass is 127. The lowest BCUT2D eigenvalue weighted by atomic mass is 10.1. The highest BCUT2D eigenvalue weighted by Gasteiger charge is 2.23. The molecule has 0 saturated heterocycles. The molecule has 0 fully saturated rings. The second kappa shape index (κ2) is 14.4. The molecule has 0 saturated carbocycles. The third kappa shape index (κ3) is 9.98. The second-order valence-electron chi connectivity index (χ2n) is 5.47. The molecular formula is C18H19I4NO6. The van der Waals surface area contributed by atoms with Gasteiger partial charge in [0.25, 0.3) is 0 Å². The summed E-state index contributed by atoms with van der Waals surface area (Å²) in [6.45, 7) is 1.42. The lowest BCUT2D eigenvalue weighted by Crippen LogP contribution is -2.21. The summed E-state index contributed by atoms with van der Waals surface area (Å²) in [6, 6.07) is 8.77. The summed E-state index contributed by atoms with van der Waals surface area (Å²) in [4.78, 5) is 11.6. The predicted molar refractivity (Wildman–Crippen MR) is 143 cm³/mol. The highest BCUT2D eigenvalue weighted by molar-refractivity contribution is 14.1. The molecule has 5 N–H and O–H groups in total. The number of phenols is 1. The van der Waals surface area contributed by atoms with E-state index in [2.05, 4.69) is 50.5 Å². The van der Waals surface area contributed by atoms with Crippen molar-refractivity contribution >= 4 is 96.3 Å². The van der Waals surface area contributed by atoms with E-state index >= 15 is 0 Å². The fourth-order valence-electron chi connectivity index (χ4n) is 2.02. The Morgan fingerprint density at radius 1 is 0.931 bits per heavy atom. The molecule has 1 unspecified atom stereocenters. The van der Waals surface area contributed by atoms with Crippen molar-refractivity contribution in [2.24, 2.45) is 0 Å². The standard InChI is InChI=1S/C14H8I4O4.C4H11NO2/c15-7-1-6(2-8(16)3-7)13(14(20)21)22-9-4-10(17)12(19)11(18)5-9;6-3-1-5-2-4-7/h1-5,13,19H,(H,20,21);5-7H,1-4H2. The number of aliphatic hydroxyl groups excluding tert-OH is 2. The number of rotatable bonds is 8. The average molecular weight is 853 g/mol. The van der Waals surface area contributed by atoms with Crippen LogP contribution in [0.5, 0.6) is 11.5 Å². The Hall–Kier alpha value is 0.310. The number of hydrogen-bond acceptors (Lipinski definition) is 6. The number of phenolic OH excluding ortho intramolecular Hbond substituents is 1. The van der Waals surface area contributed by atoms with Crippen LogP contribution < -0.4 is 10.1 Å². The van der Waals surface area contributed by atoms with Gasteiger partial charge in [-0.15, -0.1) is 0 Å². The van der Waals surface area contributed by atoms with E-state index in [0.29, 0.717) is 31.5 Å². The quantitative estimate of drug-likeness (QED) is 0.204. The fraction of sp³-hybridized carbons (Fsp3) is 0.278. The van der Waals surface area contributed by atoms with E-state index in [1.807, 2.05) is 51.2 Å². The van der Waals surface area contributed by atoms with Crippen LogP contribution in [0.25, 0.3) is 0 Å². The molecule has 2 aromatic carbocycles. The number of hydrogen-bond donors (Lipinski definition) is 5. The largest absolute Gasteiger partial charge is 0.506 e. The maximum absolute atomic E-state index is 11.6. The molecule has 160 valence electrons. The number of aliphatic hydroxyl groups is 2. The molecule has 0 radical (unpaired) electrons. The van der Waals surface area contributed by atoms with Crippen LogP contribution in [-0.2, 0) is 4.79 Å². The van der Waals surface area contributed by atoms with Crippen LogP contribution >= 0.6 is 90.4 Å². The van der Waals surface area contributed by atoms with Gasteiger partial charge < -0.3 is 30.5 Å². The summed E-state index contributed by atoms with van der Waals surface area (Å²) in [6.07, 6.45) is -1.10. The zero-order valence-corrected chi connectivity index (χ0v) is 23.5. The van der Waals surface area contributed by atoms with Crippen molar-refractivity contribution in [3.63, 3.8) is 0 Å². The summed E-state index contributed by atoms with van der Waals surface area (Å²) in [5.74, 6) is -0.479. The third-order valence-corrected chi connectivity index (χ3v) is 6.12. The third-order valence-electron chi connectivity index (χ3n) is 3.23. The van der Waals surface area contributed by atoms with Gasteiger partial charge >= 0.3 is 5.97 Å². The average Bonchev–Trinajstić information content (AvgIpc) is 2.64. The van der Waals surface area contributed by atoms with E-state index < -0.39 is 12.1 Å². The highest BCUT2D eigenvalue weighted by Crippen LogP contribution is 2.33. The first kappa shape index (κ1) is 27.3.